The van der Waals surface area contributed by atoms with Crippen molar-refractivity contribution in [3.05, 3.63) is 35.4 Å². The van der Waals surface area contributed by atoms with Gasteiger partial charge in [-0.15, -0.1) is 0 Å². The Morgan fingerprint density at radius 1 is 1.38 bits per heavy atom. The van der Waals surface area contributed by atoms with Crippen molar-refractivity contribution in [2.45, 2.75) is 19.4 Å². The molecule has 1 aromatic rings. The third-order valence-corrected chi connectivity index (χ3v) is 4.23. The van der Waals surface area contributed by atoms with Gasteiger partial charge >= 0.3 is 0 Å². The molecule has 0 unspecified atom stereocenters. The molecular formula is C14H20N4O2S. The minimum Gasteiger partial charge on any atom is -0.299 e. The molecule has 0 aliphatic carbocycles. The van der Waals surface area contributed by atoms with Crippen LogP contribution in [0, 0.1) is 17.2 Å². The number of likely N-dealkylation sites (tertiary alicyclic amines) is 1. The molecule has 0 bridgehead atoms. The average Bonchev–Trinajstić information content (AvgIpc) is 2.46. The van der Waals surface area contributed by atoms with Crippen LogP contribution in [-0.2, 0) is 16.8 Å². The lowest BCUT2D eigenvalue weighted by Crippen LogP contribution is -2.42. The molecule has 0 amide bonds. The molecule has 114 valence electrons. The predicted octanol–water partition coefficient (Wildman–Crippen LogP) is 0.563. The van der Waals surface area contributed by atoms with Crippen LogP contribution >= 0.6 is 0 Å². The van der Waals surface area contributed by atoms with E-state index in [1.165, 1.54) is 0 Å². The molecule has 2 rings (SSSR count). The van der Waals surface area contributed by atoms with E-state index in [0.717, 1.165) is 38.0 Å². The summed E-state index contributed by atoms with van der Waals surface area (Å²) in [6.07, 6.45) is 2.06. The van der Waals surface area contributed by atoms with Crippen LogP contribution in [0.5, 0.6) is 0 Å². The van der Waals surface area contributed by atoms with Gasteiger partial charge in [-0.25, -0.2) is 9.86 Å². The summed E-state index contributed by atoms with van der Waals surface area (Å²) in [4.78, 5) is 2.31. The maximum Gasteiger partial charge on any atom is 0.274 e. The Morgan fingerprint density at radius 2 is 2.10 bits per heavy atom. The monoisotopic (exact) mass is 308 g/mol. The second kappa shape index (κ2) is 7.00. The molecule has 1 saturated heterocycles. The van der Waals surface area contributed by atoms with E-state index in [-0.39, 0.29) is 5.92 Å². The summed E-state index contributed by atoms with van der Waals surface area (Å²) in [6, 6.07) is 9.67. The molecule has 21 heavy (non-hydrogen) atoms. The highest BCUT2D eigenvalue weighted by Crippen LogP contribution is 2.18. The van der Waals surface area contributed by atoms with Crippen molar-refractivity contribution in [1.29, 1.82) is 5.26 Å². The van der Waals surface area contributed by atoms with Crippen molar-refractivity contribution in [3.63, 3.8) is 0 Å². The van der Waals surface area contributed by atoms with Crippen molar-refractivity contribution in [2.24, 2.45) is 11.1 Å². The van der Waals surface area contributed by atoms with Gasteiger partial charge in [0.1, 0.15) is 0 Å². The number of hydrogen-bond acceptors (Lipinski definition) is 4. The van der Waals surface area contributed by atoms with E-state index in [1.807, 2.05) is 24.3 Å². The lowest BCUT2D eigenvalue weighted by Gasteiger charge is -2.32. The van der Waals surface area contributed by atoms with Gasteiger partial charge in [0.15, 0.2) is 0 Å². The molecular weight excluding hydrogens is 288 g/mol. The van der Waals surface area contributed by atoms with E-state index in [0.29, 0.717) is 12.1 Å². The van der Waals surface area contributed by atoms with Crippen molar-refractivity contribution < 1.29 is 8.42 Å². The van der Waals surface area contributed by atoms with Gasteiger partial charge in [-0.2, -0.15) is 13.7 Å². The van der Waals surface area contributed by atoms with E-state index in [9.17, 15) is 8.42 Å². The SMILES string of the molecule is N#Cc1ccc(CN2CCC[C@H](CNS(N)(=O)=O)C2)cc1. The lowest BCUT2D eigenvalue weighted by molar-refractivity contribution is 0.169. The van der Waals surface area contributed by atoms with Crippen LogP contribution in [-0.4, -0.2) is 33.0 Å². The maximum atomic E-state index is 10.9. The summed E-state index contributed by atoms with van der Waals surface area (Å²) in [5.41, 5.74) is 1.82. The zero-order valence-corrected chi connectivity index (χ0v) is 12.6. The van der Waals surface area contributed by atoms with Crippen LogP contribution in [0.25, 0.3) is 0 Å². The number of nitriles is 1. The van der Waals surface area contributed by atoms with E-state index in [2.05, 4.69) is 15.7 Å². The highest BCUT2D eigenvalue weighted by molar-refractivity contribution is 7.87. The van der Waals surface area contributed by atoms with Crippen LogP contribution in [0.3, 0.4) is 0 Å². The van der Waals surface area contributed by atoms with E-state index >= 15 is 0 Å². The van der Waals surface area contributed by atoms with Crippen molar-refractivity contribution in [1.82, 2.24) is 9.62 Å². The molecule has 3 N–H and O–H groups in total. The number of nitrogens with two attached hydrogens (primary N) is 1. The van der Waals surface area contributed by atoms with Crippen molar-refractivity contribution in [3.8, 4) is 6.07 Å². The first-order valence-corrected chi connectivity index (χ1v) is 8.49. The van der Waals surface area contributed by atoms with Crippen LogP contribution in [0.2, 0.25) is 0 Å². The summed E-state index contributed by atoms with van der Waals surface area (Å²) >= 11 is 0. The number of benzene rings is 1. The number of hydrogen-bond donors (Lipinski definition) is 2. The van der Waals surface area contributed by atoms with Gasteiger partial charge in [-0.3, -0.25) is 4.90 Å². The first-order chi connectivity index (χ1) is 9.96. The molecule has 0 spiro atoms. The van der Waals surface area contributed by atoms with Gasteiger partial charge in [0.2, 0.25) is 0 Å². The predicted molar refractivity (Wildman–Crippen MR) is 80.3 cm³/mol. The van der Waals surface area contributed by atoms with Crippen LogP contribution in [0.15, 0.2) is 24.3 Å². The Morgan fingerprint density at radius 3 is 2.71 bits per heavy atom. The van der Waals surface area contributed by atoms with Crippen LogP contribution in [0.1, 0.15) is 24.0 Å². The fraction of sp³-hybridized carbons (Fsp3) is 0.500. The molecule has 6 nitrogen and oxygen atoms in total. The normalized spacial score (nSPS) is 20.1. The topological polar surface area (TPSA) is 99.2 Å². The van der Waals surface area contributed by atoms with Gasteiger partial charge in [-0.1, -0.05) is 12.1 Å². The molecule has 1 atom stereocenters. The van der Waals surface area contributed by atoms with Crippen LogP contribution < -0.4 is 9.86 Å². The van der Waals surface area contributed by atoms with Gasteiger partial charge < -0.3 is 0 Å². The fourth-order valence-corrected chi connectivity index (χ4v) is 3.11. The first-order valence-electron chi connectivity index (χ1n) is 6.95. The maximum absolute atomic E-state index is 10.9. The summed E-state index contributed by atoms with van der Waals surface area (Å²) in [6.45, 7) is 3.06. The third-order valence-electron chi connectivity index (χ3n) is 3.67. The quantitative estimate of drug-likeness (QED) is 0.830. The van der Waals surface area contributed by atoms with Gasteiger partial charge in [0, 0.05) is 19.6 Å². The summed E-state index contributed by atoms with van der Waals surface area (Å²) in [5, 5.41) is 13.7. The van der Waals surface area contributed by atoms with E-state index in [4.69, 9.17) is 10.4 Å². The van der Waals surface area contributed by atoms with Crippen molar-refractivity contribution in [2.75, 3.05) is 19.6 Å². The Bertz CT molecular complexity index is 607. The second-order valence-corrected chi connectivity index (χ2v) is 6.82. The zero-order valence-electron chi connectivity index (χ0n) is 11.8. The standard InChI is InChI=1S/C14H20N4O2S/c15-8-12-3-5-13(6-4-12)10-18-7-1-2-14(11-18)9-17-21(16,19)20/h3-6,14,17H,1-2,7,9-11H2,(H2,16,19,20)/t14-/m1/s1. The number of nitrogens with one attached hydrogen (secondary N) is 1. The number of piperidine rings is 1. The first kappa shape index (κ1) is 15.9. The summed E-state index contributed by atoms with van der Waals surface area (Å²) in [7, 11) is -3.61. The summed E-state index contributed by atoms with van der Waals surface area (Å²) < 4.78 is 24.2. The molecule has 1 fully saturated rings. The molecule has 0 saturated carbocycles. The Balaban J connectivity index is 1.87. The van der Waals surface area contributed by atoms with E-state index in [1.54, 1.807) is 0 Å². The highest BCUT2D eigenvalue weighted by atomic mass is 32.2. The Kier molecular flexibility index (Phi) is 5.31. The molecule has 7 heteroatoms. The van der Waals surface area contributed by atoms with E-state index < -0.39 is 10.2 Å². The minimum absolute atomic E-state index is 0.287. The Labute approximate surface area is 125 Å². The Hall–Kier alpha value is -1.46. The highest BCUT2D eigenvalue weighted by Gasteiger charge is 2.20. The number of rotatable bonds is 5. The third kappa shape index (κ3) is 5.44. The molecule has 0 aromatic heterocycles. The second-order valence-electron chi connectivity index (χ2n) is 5.45. The molecule has 1 aliphatic heterocycles. The molecule has 1 aromatic carbocycles. The van der Waals surface area contributed by atoms with Crippen molar-refractivity contribution >= 4 is 10.2 Å². The zero-order chi connectivity index (χ0) is 15.3. The van der Waals surface area contributed by atoms with Gasteiger partial charge in [-0.05, 0) is 43.0 Å². The minimum atomic E-state index is -3.61. The molecule has 1 heterocycles. The largest absolute Gasteiger partial charge is 0.299 e. The number of nitrogens with zero attached hydrogens (tertiary/aromatic N) is 2. The molecule has 0 radical (unpaired) electrons. The average molecular weight is 308 g/mol. The fourth-order valence-electron chi connectivity index (χ4n) is 2.64. The van der Waals surface area contributed by atoms with Gasteiger partial charge in [0.05, 0.1) is 11.6 Å². The van der Waals surface area contributed by atoms with Gasteiger partial charge in [0.25, 0.3) is 10.2 Å². The smallest absolute Gasteiger partial charge is 0.274 e. The van der Waals surface area contributed by atoms with Crippen LogP contribution in [0.4, 0.5) is 0 Å². The molecule has 1 aliphatic rings. The summed E-state index contributed by atoms with van der Waals surface area (Å²) in [5.74, 6) is 0.287. The lowest BCUT2D eigenvalue weighted by atomic mass is 9.98.